The molecule has 174 valence electrons. The van der Waals surface area contributed by atoms with Crippen LogP contribution in [-0.4, -0.2) is 59.4 Å². The molecule has 2 heterocycles. The molecule has 2 amide bonds. The van der Waals surface area contributed by atoms with Gasteiger partial charge in [-0.3, -0.25) is 9.59 Å². The maximum Gasteiger partial charge on any atom is 0.257 e. The van der Waals surface area contributed by atoms with Crippen LogP contribution in [0.2, 0.25) is 0 Å². The third kappa shape index (κ3) is 5.05. The molecule has 6 nitrogen and oxygen atoms in total. The van der Waals surface area contributed by atoms with Gasteiger partial charge in [-0.2, -0.15) is 0 Å². The van der Waals surface area contributed by atoms with Crippen LogP contribution in [0.1, 0.15) is 53.8 Å². The molecule has 0 saturated heterocycles. The first-order valence-corrected chi connectivity index (χ1v) is 11.8. The molecule has 1 aliphatic heterocycles. The third-order valence-corrected chi connectivity index (χ3v) is 6.31. The number of nitrogens with one attached hydrogen (secondary N) is 1. The molecular weight excluding hydrogens is 414 g/mol. The van der Waals surface area contributed by atoms with Gasteiger partial charge in [0.25, 0.3) is 11.8 Å². The van der Waals surface area contributed by atoms with Crippen molar-refractivity contribution in [2.75, 3.05) is 26.7 Å². The van der Waals surface area contributed by atoms with Crippen LogP contribution >= 0.6 is 0 Å². The Morgan fingerprint density at radius 2 is 1.88 bits per heavy atom. The number of amides is 2. The normalized spacial score (nSPS) is 17.9. The van der Waals surface area contributed by atoms with Crippen LogP contribution in [0.25, 0.3) is 10.9 Å². The second-order valence-corrected chi connectivity index (χ2v) is 9.27. The van der Waals surface area contributed by atoms with Gasteiger partial charge in [0, 0.05) is 42.8 Å². The number of para-hydroxylation sites is 1. The minimum atomic E-state index is -0.0907. The van der Waals surface area contributed by atoms with Crippen LogP contribution in [0.5, 0.6) is 5.75 Å². The fourth-order valence-electron chi connectivity index (χ4n) is 4.60. The van der Waals surface area contributed by atoms with Crippen molar-refractivity contribution < 1.29 is 14.3 Å². The lowest BCUT2D eigenvalue weighted by molar-refractivity contribution is 0.0561. The van der Waals surface area contributed by atoms with Gasteiger partial charge in [0.2, 0.25) is 0 Å². The molecule has 33 heavy (non-hydrogen) atoms. The monoisotopic (exact) mass is 447 g/mol. The summed E-state index contributed by atoms with van der Waals surface area (Å²) in [7, 11) is 1.82. The van der Waals surface area contributed by atoms with Crippen LogP contribution in [0.3, 0.4) is 0 Å². The standard InChI is InChI=1S/C27H33N3O3/c1-19(2)17-20-18-33-25-12-5-4-9-23(25)26(31)29(3)15-6-7-16-30(20)27(32)22-10-8-11-24-21(22)13-14-28-24/h4-5,8-14,19-20,28H,6-7,15-18H2,1-3H3/t20-/m0/s1. The quantitative estimate of drug-likeness (QED) is 0.617. The number of aromatic amines is 1. The van der Waals surface area contributed by atoms with Crippen molar-refractivity contribution >= 4 is 22.7 Å². The van der Waals surface area contributed by atoms with E-state index in [9.17, 15) is 9.59 Å². The predicted molar refractivity (Wildman–Crippen MR) is 131 cm³/mol. The number of ether oxygens (including phenoxy) is 1. The highest BCUT2D eigenvalue weighted by atomic mass is 16.5. The van der Waals surface area contributed by atoms with E-state index in [0.29, 0.717) is 42.5 Å². The molecule has 0 fully saturated rings. The molecule has 1 aromatic heterocycles. The summed E-state index contributed by atoms with van der Waals surface area (Å²) in [6, 6.07) is 15.1. The summed E-state index contributed by atoms with van der Waals surface area (Å²) in [6.45, 7) is 5.94. The van der Waals surface area contributed by atoms with E-state index in [1.54, 1.807) is 4.90 Å². The minimum absolute atomic E-state index is 0.0290. The number of benzene rings is 2. The van der Waals surface area contributed by atoms with Gasteiger partial charge in [-0.05, 0) is 55.5 Å². The maximum atomic E-state index is 13.9. The number of fused-ring (bicyclic) bond motifs is 2. The van der Waals surface area contributed by atoms with Crippen molar-refractivity contribution in [2.24, 2.45) is 5.92 Å². The molecule has 0 unspecified atom stereocenters. The highest BCUT2D eigenvalue weighted by Crippen LogP contribution is 2.25. The van der Waals surface area contributed by atoms with Gasteiger partial charge in [-0.1, -0.05) is 32.0 Å². The molecule has 6 heteroatoms. The van der Waals surface area contributed by atoms with Crippen LogP contribution in [0, 0.1) is 5.92 Å². The number of carbonyl (C=O) groups is 2. The number of aromatic nitrogens is 1. The smallest absolute Gasteiger partial charge is 0.257 e. The zero-order chi connectivity index (χ0) is 23.4. The molecule has 3 aromatic rings. The summed E-state index contributed by atoms with van der Waals surface area (Å²) < 4.78 is 6.23. The Morgan fingerprint density at radius 3 is 2.70 bits per heavy atom. The van der Waals surface area contributed by atoms with Crippen molar-refractivity contribution in [1.29, 1.82) is 0 Å². The highest BCUT2D eigenvalue weighted by Gasteiger charge is 2.28. The highest BCUT2D eigenvalue weighted by molar-refractivity contribution is 6.06. The Labute approximate surface area is 195 Å². The molecular formula is C27H33N3O3. The maximum absolute atomic E-state index is 13.9. The van der Waals surface area contributed by atoms with Crippen LogP contribution in [0.4, 0.5) is 0 Å². The fraction of sp³-hybridized carbons (Fsp3) is 0.407. The van der Waals surface area contributed by atoms with Crippen molar-refractivity contribution in [3.05, 3.63) is 65.9 Å². The Balaban J connectivity index is 1.69. The third-order valence-electron chi connectivity index (χ3n) is 6.31. The first-order valence-electron chi connectivity index (χ1n) is 11.8. The van der Waals surface area contributed by atoms with Crippen molar-refractivity contribution in [2.45, 2.75) is 39.2 Å². The van der Waals surface area contributed by atoms with Crippen LogP contribution in [0.15, 0.2) is 54.7 Å². The van der Waals surface area contributed by atoms with Crippen molar-refractivity contribution in [1.82, 2.24) is 14.8 Å². The molecule has 1 atom stereocenters. The van der Waals surface area contributed by atoms with Gasteiger partial charge in [-0.15, -0.1) is 0 Å². The molecule has 0 saturated carbocycles. The van der Waals surface area contributed by atoms with E-state index in [-0.39, 0.29) is 17.9 Å². The number of nitrogens with zero attached hydrogens (tertiary/aromatic N) is 2. The fourth-order valence-corrected chi connectivity index (χ4v) is 4.60. The van der Waals surface area contributed by atoms with E-state index in [2.05, 4.69) is 18.8 Å². The zero-order valence-corrected chi connectivity index (χ0v) is 19.7. The molecule has 0 aliphatic carbocycles. The van der Waals surface area contributed by atoms with Gasteiger partial charge in [0.1, 0.15) is 12.4 Å². The Bertz CT molecular complexity index is 1120. The zero-order valence-electron chi connectivity index (χ0n) is 19.7. The van der Waals surface area contributed by atoms with Gasteiger partial charge in [0.15, 0.2) is 0 Å². The Morgan fingerprint density at radius 1 is 1.09 bits per heavy atom. The summed E-state index contributed by atoms with van der Waals surface area (Å²) >= 11 is 0. The average Bonchev–Trinajstić information content (AvgIpc) is 3.29. The predicted octanol–water partition coefficient (Wildman–Crippen LogP) is 4.97. The molecule has 0 spiro atoms. The first kappa shape index (κ1) is 22.9. The van der Waals surface area contributed by atoms with E-state index >= 15 is 0 Å². The topological polar surface area (TPSA) is 65.6 Å². The summed E-state index contributed by atoms with van der Waals surface area (Å²) in [4.78, 5) is 33.8. The molecule has 1 aliphatic rings. The second-order valence-electron chi connectivity index (χ2n) is 9.27. The second kappa shape index (κ2) is 10.1. The number of hydrogen-bond acceptors (Lipinski definition) is 3. The van der Waals surface area contributed by atoms with E-state index in [4.69, 9.17) is 4.74 Å². The number of hydrogen-bond donors (Lipinski definition) is 1. The van der Waals surface area contributed by atoms with E-state index in [1.165, 1.54) is 0 Å². The van der Waals surface area contributed by atoms with E-state index in [0.717, 1.165) is 30.2 Å². The SMILES string of the molecule is CC(C)C[C@H]1COc2ccccc2C(=O)N(C)CCCCN1C(=O)c1cccc2[nH]ccc12. The molecule has 0 bridgehead atoms. The molecule has 4 rings (SSSR count). The van der Waals surface area contributed by atoms with Crippen molar-refractivity contribution in [3.63, 3.8) is 0 Å². The summed E-state index contributed by atoms with van der Waals surface area (Å²) in [5.41, 5.74) is 2.24. The van der Waals surface area contributed by atoms with Gasteiger partial charge >= 0.3 is 0 Å². The molecule has 0 radical (unpaired) electrons. The van der Waals surface area contributed by atoms with Gasteiger partial charge in [-0.25, -0.2) is 0 Å². The lowest BCUT2D eigenvalue weighted by atomic mass is 10.0. The lowest BCUT2D eigenvalue weighted by Crippen LogP contribution is -2.45. The van der Waals surface area contributed by atoms with E-state index in [1.807, 2.05) is 66.7 Å². The number of H-pyrrole nitrogens is 1. The summed E-state index contributed by atoms with van der Waals surface area (Å²) in [6.07, 6.45) is 4.35. The Hall–Kier alpha value is -3.28. The number of rotatable bonds is 3. The minimum Gasteiger partial charge on any atom is -0.491 e. The van der Waals surface area contributed by atoms with E-state index < -0.39 is 0 Å². The average molecular weight is 448 g/mol. The Kier molecular flexibility index (Phi) is 7.02. The molecule has 1 N–H and O–H groups in total. The van der Waals surface area contributed by atoms with Crippen LogP contribution in [-0.2, 0) is 0 Å². The molecule has 2 aromatic carbocycles. The lowest BCUT2D eigenvalue weighted by Gasteiger charge is -2.34. The van der Waals surface area contributed by atoms with Gasteiger partial charge in [0.05, 0.1) is 11.6 Å². The first-order chi connectivity index (χ1) is 16.0. The summed E-state index contributed by atoms with van der Waals surface area (Å²) in [5, 5.41) is 0.938. The number of carbonyl (C=O) groups excluding carboxylic acids is 2. The van der Waals surface area contributed by atoms with Crippen molar-refractivity contribution in [3.8, 4) is 5.75 Å². The summed E-state index contributed by atoms with van der Waals surface area (Å²) in [5.74, 6) is 0.972. The largest absolute Gasteiger partial charge is 0.491 e. The van der Waals surface area contributed by atoms with Crippen LogP contribution < -0.4 is 4.74 Å². The van der Waals surface area contributed by atoms with Gasteiger partial charge < -0.3 is 19.5 Å².